The molecule has 1 saturated heterocycles. The molecule has 0 spiro atoms. The summed E-state index contributed by atoms with van der Waals surface area (Å²) in [5.74, 6) is 0.220. The summed E-state index contributed by atoms with van der Waals surface area (Å²) in [7, 11) is 0. The number of aromatic nitrogens is 1. The first-order valence-corrected chi connectivity index (χ1v) is 9.20. The van der Waals surface area contributed by atoms with Gasteiger partial charge in [0.2, 0.25) is 5.91 Å². The van der Waals surface area contributed by atoms with Crippen LogP contribution in [0.15, 0.2) is 48.7 Å². The van der Waals surface area contributed by atoms with Crippen LogP contribution in [-0.2, 0) is 17.9 Å². The predicted octanol–water partition coefficient (Wildman–Crippen LogP) is 3.63. The van der Waals surface area contributed by atoms with Crippen LogP contribution in [-0.4, -0.2) is 40.3 Å². The SMILES string of the molecule is Cc1cc(C)cc(CN2CCN(Cc3ccc4[nH]ccc4c3)CC2=O)c1. The molecule has 134 valence electrons. The number of piperazine rings is 1. The molecule has 2 heterocycles. The van der Waals surface area contributed by atoms with E-state index >= 15 is 0 Å². The first kappa shape index (κ1) is 16.9. The van der Waals surface area contributed by atoms with Crippen molar-refractivity contribution in [2.75, 3.05) is 19.6 Å². The van der Waals surface area contributed by atoms with Gasteiger partial charge in [-0.1, -0.05) is 35.4 Å². The van der Waals surface area contributed by atoms with Gasteiger partial charge in [0.1, 0.15) is 0 Å². The van der Waals surface area contributed by atoms with Gasteiger partial charge in [0.15, 0.2) is 0 Å². The van der Waals surface area contributed by atoms with Crippen LogP contribution in [0.5, 0.6) is 0 Å². The molecule has 0 saturated carbocycles. The molecule has 4 rings (SSSR count). The van der Waals surface area contributed by atoms with Crippen LogP contribution in [0.2, 0.25) is 0 Å². The van der Waals surface area contributed by atoms with Gasteiger partial charge in [-0.05, 0) is 48.6 Å². The molecule has 2 aromatic carbocycles. The number of hydrogen-bond donors (Lipinski definition) is 1. The van der Waals surface area contributed by atoms with E-state index in [-0.39, 0.29) is 5.91 Å². The molecule has 1 aliphatic rings. The maximum absolute atomic E-state index is 12.6. The molecular formula is C22H25N3O. The van der Waals surface area contributed by atoms with Gasteiger partial charge in [-0.3, -0.25) is 9.69 Å². The molecule has 1 N–H and O–H groups in total. The number of H-pyrrole nitrogens is 1. The number of nitrogens with zero attached hydrogens (tertiary/aromatic N) is 2. The molecular weight excluding hydrogens is 322 g/mol. The minimum absolute atomic E-state index is 0.220. The van der Waals surface area contributed by atoms with Crippen molar-refractivity contribution in [1.29, 1.82) is 0 Å². The summed E-state index contributed by atoms with van der Waals surface area (Å²) >= 11 is 0. The Kier molecular flexibility index (Phi) is 4.51. The van der Waals surface area contributed by atoms with Gasteiger partial charge in [-0.25, -0.2) is 0 Å². The van der Waals surface area contributed by atoms with Crippen molar-refractivity contribution in [3.63, 3.8) is 0 Å². The van der Waals surface area contributed by atoms with E-state index in [1.54, 1.807) is 0 Å². The Bertz CT molecular complexity index is 923. The summed E-state index contributed by atoms with van der Waals surface area (Å²) < 4.78 is 0. The van der Waals surface area contributed by atoms with Gasteiger partial charge in [-0.15, -0.1) is 0 Å². The molecule has 0 radical (unpaired) electrons. The van der Waals surface area contributed by atoms with Crippen LogP contribution < -0.4 is 0 Å². The Hall–Kier alpha value is -2.59. The summed E-state index contributed by atoms with van der Waals surface area (Å²) in [6.07, 6.45) is 1.96. The quantitative estimate of drug-likeness (QED) is 0.783. The van der Waals surface area contributed by atoms with Gasteiger partial charge in [0, 0.05) is 37.9 Å². The Morgan fingerprint density at radius 3 is 2.50 bits per heavy atom. The maximum Gasteiger partial charge on any atom is 0.237 e. The van der Waals surface area contributed by atoms with Crippen molar-refractivity contribution in [2.24, 2.45) is 0 Å². The number of rotatable bonds is 4. The lowest BCUT2D eigenvalue weighted by atomic mass is 10.1. The average Bonchev–Trinajstić information content (AvgIpc) is 3.04. The van der Waals surface area contributed by atoms with Crippen molar-refractivity contribution in [3.05, 3.63) is 70.9 Å². The number of benzene rings is 2. The molecule has 4 heteroatoms. The van der Waals surface area contributed by atoms with E-state index in [0.717, 1.165) is 25.2 Å². The lowest BCUT2D eigenvalue weighted by Gasteiger charge is -2.34. The fourth-order valence-corrected chi connectivity index (χ4v) is 3.90. The van der Waals surface area contributed by atoms with Crippen LogP contribution in [0.3, 0.4) is 0 Å². The second-order valence-corrected chi connectivity index (χ2v) is 7.42. The van der Waals surface area contributed by atoms with Gasteiger partial charge >= 0.3 is 0 Å². The van der Waals surface area contributed by atoms with E-state index in [0.29, 0.717) is 13.1 Å². The molecule has 3 aromatic rings. The highest BCUT2D eigenvalue weighted by Gasteiger charge is 2.24. The third-order valence-electron chi connectivity index (χ3n) is 5.08. The van der Waals surface area contributed by atoms with Crippen molar-refractivity contribution < 1.29 is 4.79 Å². The van der Waals surface area contributed by atoms with Gasteiger partial charge < -0.3 is 9.88 Å². The lowest BCUT2D eigenvalue weighted by Crippen LogP contribution is -2.49. The summed E-state index contributed by atoms with van der Waals surface area (Å²) in [4.78, 5) is 20.1. The van der Waals surface area contributed by atoms with Crippen LogP contribution in [0.4, 0.5) is 0 Å². The highest BCUT2D eigenvalue weighted by molar-refractivity contribution is 5.80. The van der Waals surface area contributed by atoms with E-state index in [1.807, 2.05) is 11.1 Å². The maximum atomic E-state index is 12.6. The number of amides is 1. The van der Waals surface area contributed by atoms with Crippen molar-refractivity contribution in [2.45, 2.75) is 26.9 Å². The third kappa shape index (κ3) is 3.65. The minimum atomic E-state index is 0.220. The van der Waals surface area contributed by atoms with Crippen molar-refractivity contribution >= 4 is 16.8 Å². The van der Waals surface area contributed by atoms with E-state index in [4.69, 9.17) is 0 Å². The largest absolute Gasteiger partial charge is 0.361 e. The smallest absolute Gasteiger partial charge is 0.237 e. The zero-order valence-corrected chi connectivity index (χ0v) is 15.5. The van der Waals surface area contributed by atoms with E-state index in [9.17, 15) is 4.79 Å². The minimum Gasteiger partial charge on any atom is -0.361 e. The molecule has 1 amide bonds. The topological polar surface area (TPSA) is 39.3 Å². The number of aryl methyl sites for hydroxylation is 2. The Morgan fingerprint density at radius 2 is 1.73 bits per heavy atom. The van der Waals surface area contributed by atoms with Crippen LogP contribution in [0, 0.1) is 13.8 Å². The number of carbonyl (C=O) groups excluding carboxylic acids is 1. The number of hydrogen-bond acceptors (Lipinski definition) is 2. The number of fused-ring (bicyclic) bond motifs is 1. The molecule has 1 fully saturated rings. The fourth-order valence-electron chi connectivity index (χ4n) is 3.90. The lowest BCUT2D eigenvalue weighted by molar-refractivity contribution is -0.136. The number of nitrogens with one attached hydrogen (secondary N) is 1. The predicted molar refractivity (Wildman–Crippen MR) is 105 cm³/mol. The zero-order valence-electron chi connectivity index (χ0n) is 15.5. The van der Waals surface area contributed by atoms with Crippen LogP contribution in [0.1, 0.15) is 22.3 Å². The molecule has 4 nitrogen and oxygen atoms in total. The Labute approximate surface area is 154 Å². The van der Waals surface area contributed by atoms with Crippen LogP contribution in [0.25, 0.3) is 10.9 Å². The van der Waals surface area contributed by atoms with E-state index in [2.05, 4.69) is 66.2 Å². The molecule has 26 heavy (non-hydrogen) atoms. The van der Waals surface area contributed by atoms with E-state index in [1.165, 1.54) is 27.6 Å². The standard InChI is InChI=1S/C22H25N3O/c1-16-9-17(2)11-19(10-16)14-25-8-7-24(15-22(25)26)13-18-3-4-21-20(12-18)5-6-23-21/h3-6,9-12,23H,7-8,13-15H2,1-2H3. The Balaban J connectivity index is 1.39. The molecule has 0 unspecified atom stereocenters. The Morgan fingerprint density at radius 1 is 0.923 bits per heavy atom. The van der Waals surface area contributed by atoms with Gasteiger partial charge in [-0.2, -0.15) is 0 Å². The monoisotopic (exact) mass is 347 g/mol. The highest BCUT2D eigenvalue weighted by atomic mass is 16.2. The molecule has 1 aromatic heterocycles. The van der Waals surface area contributed by atoms with Crippen molar-refractivity contribution in [1.82, 2.24) is 14.8 Å². The molecule has 0 atom stereocenters. The normalized spacial score (nSPS) is 15.8. The second-order valence-electron chi connectivity index (χ2n) is 7.42. The summed E-state index contributed by atoms with van der Waals surface area (Å²) in [6, 6.07) is 15.1. The summed E-state index contributed by atoms with van der Waals surface area (Å²) in [6.45, 7) is 7.96. The highest BCUT2D eigenvalue weighted by Crippen LogP contribution is 2.18. The van der Waals surface area contributed by atoms with E-state index < -0.39 is 0 Å². The zero-order chi connectivity index (χ0) is 18.1. The molecule has 0 aliphatic carbocycles. The number of carbonyl (C=O) groups is 1. The molecule has 0 bridgehead atoms. The molecule has 1 aliphatic heterocycles. The summed E-state index contributed by atoms with van der Waals surface area (Å²) in [5, 5.41) is 1.22. The average molecular weight is 347 g/mol. The van der Waals surface area contributed by atoms with Gasteiger partial charge in [0.25, 0.3) is 0 Å². The van der Waals surface area contributed by atoms with Crippen molar-refractivity contribution in [3.8, 4) is 0 Å². The third-order valence-corrected chi connectivity index (χ3v) is 5.08. The second kappa shape index (κ2) is 6.96. The first-order valence-electron chi connectivity index (χ1n) is 9.20. The van der Waals surface area contributed by atoms with Crippen LogP contribution >= 0.6 is 0 Å². The van der Waals surface area contributed by atoms with Gasteiger partial charge in [0.05, 0.1) is 6.54 Å². The fraction of sp³-hybridized carbons (Fsp3) is 0.318. The first-order chi connectivity index (χ1) is 12.6. The summed E-state index contributed by atoms with van der Waals surface area (Å²) in [5.41, 5.74) is 6.15. The number of aromatic amines is 1.